The van der Waals surface area contributed by atoms with Gasteiger partial charge in [0.1, 0.15) is 0 Å². The molecular weight excluding hydrogens is 576 g/mol. The number of allylic oxidation sites excluding steroid dienone is 5. The van der Waals surface area contributed by atoms with Crippen LogP contribution in [0.25, 0.3) is 16.7 Å². The van der Waals surface area contributed by atoms with Crippen molar-refractivity contribution in [2.45, 2.75) is 0 Å². The zero-order valence-corrected chi connectivity index (χ0v) is 21.9. The van der Waals surface area contributed by atoms with Crippen molar-refractivity contribution in [3.05, 3.63) is 170 Å². The minimum atomic E-state index is -0.873. The van der Waals surface area contributed by atoms with E-state index >= 15 is 0 Å². The monoisotopic (exact) mass is 594 g/mol. The Hall–Kier alpha value is -4.22. The summed E-state index contributed by atoms with van der Waals surface area (Å²) in [4.78, 5) is 43.0. The fourth-order valence-electron chi connectivity index (χ4n) is 4.20. The van der Waals surface area contributed by atoms with E-state index in [0.29, 0.717) is 0 Å². The summed E-state index contributed by atoms with van der Waals surface area (Å²) in [6, 6.07) is 3.57. The van der Waals surface area contributed by atoms with Crippen LogP contribution in [-0.2, 0) is 17.1 Å². The number of rotatable bonds is 7. The first-order valence-electron chi connectivity index (χ1n) is 11.6. The molecular formula is C28H18FeN4O8+2. The first kappa shape index (κ1) is 31.3. The van der Waals surface area contributed by atoms with Crippen molar-refractivity contribution in [2.24, 2.45) is 0 Å². The smallest absolute Gasteiger partial charge is 0.258 e. The van der Waals surface area contributed by atoms with Crippen molar-refractivity contribution in [1.82, 2.24) is 0 Å². The molecule has 0 heterocycles. The molecule has 0 spiro atoms. The summed E-state index contributed by atoms with van der Waals surface area (Å²) in [5.74, 6) is 0.941. The van der Waals surface area contributed by atoms with Gasteiger partial charge in [-0.05, 0) is 63.4 Å². The summed E-state index contributed by atoms with van der Waals surface area (Å²) in [5, 5.41) is 46.4. The molecule has 0 amide bonds. The van der Waals surface area contributed by atoms with E-state index in [1.54, 1.807) is 18.2 Å². The molecule has 0 aromatic heterocycles. The van der Waals surface area contributed by atoms with E-state index in [0.717, 1.165) is 30.2 Å². The molecule has 10 radical (unpaired) electrons. The summed E-state index contributed by atoms with van der Waals surface area (Å²) in [7, 11) is 0. The van der Waals surface area contributed by atoms with Crippen LogP contribution >= 0.6 is 0 Å². The van der Waals surface area contributed by atoms with Crippen molar-refractivity contribution < 1.29 is 36.8 Å². The third-order valence-corrected chi connectivity index (χ3v) is 5.87. The second kappa shape index (κ2) is 13.9. The summed E-state index contributed by atoms with van der Waals surface area (Å²) in [5.41, 5.74) is -2.88. The molecule has 0 N–H and O–H groups in total. The second-order valence-corrected chi connectivity index (χ2v) is 8.31. The molecule has 2 aromatic rings. The van der Waals surface area contributed by atoms with E-state index in [4.69, 9.17) is 0 Å². The Morgan fingerprint density at radius 2 is 0.976 bits per heavy atom. The van der Waals surface area contributed by atoms with Gasteiger partial charge in [-0.15, -0.1) is 0 Å². The Morgan fingerprint density at radius 3 is 1.37 bits per heavy atom. The normalized spacial score (nSPS) is 15.7. The first-order chi connectivity index (χ1) is 19.2. The first-order valence-corrected chi connectivity index (χ1v) is 11.6. The Balaban J connectivity index is 0.000000696. The fraction of sp³-hybridized carbons (Fsp3) is 0. The van der Waals surface area contributed by atoms with Crippen molar-refractivity contribution in [3.63, 3.8) is 0 Å². The van der Waals surface area contributed by atoms with Gasteiger partial charge in [0.15, 0.2) is 0 Å². The number of nitro benzene ring substituents is 4. The number of hydrogen-bond acceptors (Lipinski definition) is 8. The van der Waals surface area contributed by atoms with E-state index in [-0.39, 0.29) is 44.9 Å². The zero-order chi connectivity index (χ0) is 28.8. The van der Waals surface area contributed by atoms with Crippen LogP contribution in [0.4, 0.5) is 22.7 Å². The van der Waals surface area contributed by atoms with E-state index in [9.17, 15) is 40.5 Å². The van der Waals surface area contributed by atoms with Gasteiger partial charge in [0.2, 0.25) is 0 Å². The average molecular weight is 594 g/mol. The van der Waals surface area contributed by atoms with Crippen LogP contribution in [0.2, 0.25) is 0 Å². The average Bonchev–Trinajstić information content (AvgIpc) is 3.70. The number of benzene rings is 2. The van der Waals surface area contributed by atoms with E-state index in [1.807, 2.05) is 57.8 Å². The van der Waals surface area contributed by atoms with Crippen molar-refractivity contribution in [3.8, 4) is 11.1 Å². The van der Waals surface area contributed by atoms with E-state index in [2.05, 4.69) is 0 Å². The second-order valence-electron chi connectivity index (χ2n) is 8.31. The van der Waals surface area contributed by atoms with Gasteiger partial charge in [0, 0.05) is 29.2 Å². The summed E-state index contributed by atoms with van der Waals surface area (Å²) in [6.07, 6.45) is 25.6. The quantitative estimate of drug-likeness (QED) is 0.133. The predicted molar refractivity (Wildman–Crippen MR) is 146 cm³/mol. The van der Waals surface area contributed by atoms with Crippen LogP contribution in [0, 0.1) is 104 Å². The van der Waals surface area contributed by atoms with Crippen molar-refractivity contribution >= 4 is 28.3 Å². The number of non-ortho nitro benzene ring substituents is 2. The van der Waals surface area contributed by atoms with E-state index < -0.39 is 42.4 Å². The largest absolute Gasteiger partial charge is 2.00 e. The molecule has 41 heavy (non-hydrogen) atoms. The molecule has 13 heteroatoms. The van der Waals surface area contributed by atoms with Crippen LogP contribution in [0.5, 0.6) is 0 Å². The molecule has 3 aliphatic rings. The van der Waals surface area contributed by atoms with Gasteiger partial charge < -0.3 is 0 Å². The third-order valence-electron chi connectivity index (χ3n) is 5.87. The number of nitrogens with zero attached hydrogens (tertiary/aromatic N) is 4. The molecule has 5 rings (SSSR count). The molecule has 2 saturated carbocycles. The number of nitro groups is 4. The standard InChI is InChI=1S/C23H13N4O8.C5H5.Fe/c28-24(29)15-10-18-17(9-3-1-2-6-14-7-4-5-8-14)19-11-16(25(30)31)13-21(27(34)35)23(19)22(18)20(12-15)26(32)33;1-2-4-5-3-1;/h1-13H;1-5H;/q;;+2/b3-1+,6-2+;;. The van der Waals surface area contributed by atoms with Gasteiger partial charge in [-0.25, -0.2) is 0 Å². The maximum absolute atomic E-state index is 11.8. The zero-order valence-electron chi connectivity index (χ0n) is 20.8. The topological polar surface area (TPSA) is 173 Å². The fourth-order valence-corrected chi connectivity index (χ4v) is 4.20. The molecule has 204 valence electrons. The third kappa shape index (κ3) is 7.11. The summed E-state index contributed by atoms with van der Waals surface area (Å²) in [6.45, 7) is 0. The van der Waals surface area contributed by atoms with Crippen LogP contribution in [-0.4, -0.2) is 19.7 Å². The van der Waals surface area contributed by atoms with Gasteiger partial charge >= 0.3 is 17.1 Å². The molecule has 12 nitrogen and oxygen atoms in total. The Morgan fingerprint density at radius 1 is 0.537 bits per heavy atom. The molecule has 2 aromatic carbocycles. The summed E-state index contributed by atoms with van der Waals surface area (Å²) >= 11 is 0. The molecule has 0 saturated heterocycles. The van der Waals surface area contributed by atoms with Gasteiger partial charge in [0.05, 0.1) is 43.0 Å². The molecule has 0 unspecified atom stereocenters. The molecule has 0 atom stereocenters. The van der Waals surface area contributed by atoms with Crippen molar-refractivity contribution in [2.75, 3.05) is 0 Å². The van der Waals surface area contributed by atoms with Crippen LogP contribution < -0.4 is 0 Å². The molecule has 3 aliphatic carbocycles. The van der Waals surface area contributed by atoms with Crippen LogP contribution in [0.1, 0.15) is 11.1 Å². The predicted octanol–water partition coefficient (Wildman–Crippen LogP) is 6.27. The molecule has 2 fully saturated rings. The Labute approximate surface area is 245 Å². The van der Waals surface area contributed by atoms with Crippen molar-refractivity contribution in [1.29, 1.82) is 0 Å². The number of fused-ring (bicyclic) bond motifs is 3. The van der Waals surface area contributed by atoms with Crippen LogP contribution in [0.15, 0.2) is 54.6 Å². The minimum absolute atomic E-state index is 0. The Kier molecular flexibility index (Phi) is 10.6. The number of hydrogen-bond donors (Lipinski definition) is 0. The SMILES string of the molecule is O=[N+]([O-])c1cc2c(c([N+](=O)[O-])c1)-c1c(cc([N+](=O)[O-])cc1[N+](=O)[O-])C2=C/C=C/C=C/[C]1[CH][CH][CH][CH]1.[CH]1[CH][CH][CH][CH]1.[Fe+2]. The molecule has 0 bridgehead atoms. The van der Waals surface area contributed by atoms with Gasteiger partial charge in [-0.1, -0.05) is 30.4 Å². The maximum Gasteiger partial charge on any atom is 2.00 e. The minimum Gasteiger partial charge on any atom is -0.258 e. The van der Waals surface area contributed by atoms with Gasteiger partial charge in [-0.3, -0.25) is 40.5 Å². The van der Waals surface area contributed by atoms with Crippen LogP contribution in [0.3, 0.4) is 0 Å². The molecule has 0 aliphatic heterocycles. The maximum atomic E-state index is 11.8. The van der Waals surface area contributed by atoms with Gasteiger partial charge in [-0.2, -0.15) is 0 Å². The van der Waals surface area contributed by atoms with E-state index in [1.165, 1.54) is 12.2 Å². The summed E-state index contributed by atoms with van der Waals surface area (Å²) < 4.78 is 0. The Bertz CT molecular complexity index is 1370. The van der Waals surface area contributed by atoms with Gasteiger partial charge in [0.25, 0.3) is 22.7 Å².